The van der Waals surface area contributed by atoms with Crippen molar-refractivity contribution in [2.75, 3.05) is 25.5 Å². The highest BCUT2D eigenvalue weighted by atomic mass is 32.1. The number of carbonyl (C=O) groups is 5. The quantitative estimate of drug-likeness (QED) is 0.342. The highest BCUT2D eigenvalue weighted by molar-refractivity contribution is 7.16. The van der Waals surface area contributed by atoms with Crippen LogP contribution in [-0.2, 0) is 19.1 Å². The number of thiophene rings is 1. The van der Waals surface area contributed by atoms with Crippen LogP contribution in [-0.4, -0.2) is 59.7 Å². The van der Waals surface area contributed by atoms with Gasteiger partial charge >= 0.3 is 23.8 Å². The lowest BCUT2D eigenvalue weighted by atomic mass is 10.1. The highest BCUT2D eigenvalue weighted by Crippen LogP contribution is 2.33. The molecule has 1 aliphatic rings. The van der Waals surface area contributed by atoms with Crippen molar-refractivity contribution in [3.8, 4) is 0 Å². The van der Waals surface area contributed by atoms with Crippen molar-refractivity contribution < 1.29 is 28.7 Å². The van der Waals surface area contributed by atoms with Crippen molar-refractivity contribution in [3.63, 3.8) is 0 Å². The lowest BCUT2D eigenvalue weighted by Crippen LogP contribution is -2.39. The van der Waals surface area contributed by atoms with Crippen molar-refractivity contribution in [3.05, 3.63) is 28.7 Å². The summed E-state index contributed by atoms with van der Waals surface area (Å²) in [5.74, 6) is -3.42. The molecule has 10 heteroatoms. The number of nitrogens with one attached hydrogen (secondary N) is 1. The van der Waals surface area contributed by atoms with E-state index in [1.807, 2.05) is 0 Å². The maximum atomic E-state index is 12.3. The monoisotopic (exact) mass is 379 g/mol. The summed E-state index contributed by atoms with van der Waals surface area (Å²) in [5, 5.41) is 2.75. The fourth-order valence-electron chi connectivity index (χ4n) is 2.35. The first-order chi connectivity index (χ1) is 12.2. The molecule has 0 aromatic carbocycles. The van der Waals surface area contributed by atoms with E-state index in [1.165, 1.54) is 24.5 Å². The second-order valence-electron chi connectivity index (χ2n) is 5.41. The van der Waals surface area contributed by atoms with Crippen LogP contribution in [0, 0.1) is 13.8 Å². The number of rotatable bonds is 6. The van der Waals surface area contributed by atoms with Crippen LogP contribution in [0.3, 0.4) is 0 Å². The summed E-state index contributed by atoms with van der Waals surface area (Å²) >= 11 is 1.17. The smallest absolute Gasteiger partial charge is 0.341 e. The van der Waals surface area contributed by atoms with Gasteiger partial charge < -0.3 is 10.1 Å². The van der Waals surface area contributed by atoms with E-state index in [0.717, 1.165) is 4.88 Å². The molecule has 0 unspecified atom stereocenters. The zero-order chi connectivity index (χ0) is 19.6. The zero-order valence-electron chi connectivity index (χ0n) is 14.5. The summed E-state index contributed by atoms with van der Waals surface area (Å²) in [7, 11) is 1.22. The fourth-order valence-corrected chi connectivity index (χ4v) is 3.42. The van der Waals surface area contributed by atoms with Crippen LogP contribution in [0.4, 0.5) is 9.80 Å². The number of urea groups is 1. The molecule has 0 saturated carbocycles. The summed E-state index contributed by atoms with van der Waals surface area (Å²) < 4.78 is 4.71. The highest BCUT2D eigenvalue weighted by Gasteiger charge is 2.44. The SMILES string of the molecule is C=CCN1C(=O)C(=O)N(CC(=O)Nc2sc(C)c(C)c2C(=O)OC)C1=O. The van der Waals surface area contributed by atoms with Crippen LogP contribution < -0.4 is 5.32 Å². The predicted octanol–water partition coefficient (Wildman–Crippen LogP) is 1.07. The average molecular weight is 379 g/mol. The van der Waals surface area contributed by atoms with Gasteiger partial charge in [0.15, 0.2) is 0 Å². The molecule has 26 heavy (non-hydrogen) atoms. The van der Waals surface area contributed by atoms with Gasteiger partial charge in [-0.1, -0.05) is 6.08 Å². The van der Waals surface area contributed by atoms with E-state index in [4.69, 9.17) is 4.74 Å². The van der Waals surface area contributed by atoms with Gasteiger partial charge in [0, 0.05) is 11.4 Å². The zero-order valence-corrected chi connectivity index (χ0v) is 15.3. The largest absolute Gasteiger partial charge is 0.465 e. The number of esters is 1. The Morgan fingerprint density at radius 2 is 1.81 bits per heavy atom. The van der Waals surface area contributed by atoms with Crippen LogP contribution in [0.25, 0.3) is 0 Å². The van der Waals surface area contributed by atoms with Gasteiger partial charge in [0.2, 0.25) is 5.91 Å². The number of nitrogens with zero attached hydrogens (tertiary/aromatic N) is 2. The van der Waals surface area contributed by atoms with E-state index >= 15 is 0 Å². The van der Waals surface area contributed by atoms with E-state index in [1.54, 1.807) is 13.8 Å². The van der Waals surface area contributed by atoms with Crippen molar-refractivity contribution in [1.82, 2.24) is 9.80 Å². The van der Waals surface area contributed by atoms with Crippen LogP contribution in [0.2, 0.25) is 0 Å². The Labute approximate surface area is 153 Å². The van der Waals surface area contributed by atoms with Crippen LogP contribution in [0.5, 0.6) is 0 Å². The number of amides is 5. The molecule has 5 amide bonds. The summed E-state index contributed by atoms with van der Waals surface area (Å²) in [4.78, 5) is 62.0. The fraction of sp³-hybridized carbons (Fsp3) is 0.312. The third kappa shape index (κ3) is 3.36. The third-order valence-electron chi connectivity index (χ3n) is 3.78. The number of aryl methyl sites for hydroxylation is 1. The lowest BCUT2D eigenvalue weighted by molar-refractivity contribution is -0.143. The van der Waals surface area contributed by atoms with Gasteiger partial charge in [-0.2, -0.15) is 0 Å². The number of hydrogen-bond acceptors (Lipinski definition) is 7. The Hall–Kier alpha value is -3.01. The molecule has 138 valence electrons. The molecule has 1 aliphatic heterocycles. The summed E-state index contributed by atoms with van der Waals surface area (Å²) in [5.41, 5.74) is 0.879. The molecule has 0 bridgehead atoms. The van der Waals surface area contributed by atoms with Gasteiger partial charge in [0.1, 0.15) is 11.5 Å². The standard InChI is InChI=1S/C16H17N3O6S/c1-5-6-18-13(21)14(22)19(16(18)24)7-10(20)17-12-11(15(23)25-4)8(2)9(3)26-12/h5H,1,6-7H2,2-4H3,(H,17,20). The lowest BCUT2D eigenvalue weighted by Gasteiger charge is -2.14. The Morgan fingerprint density at radius 3 is 2.38 bits per heavy atom. The topological polar surface area (TPSA) is 113 Å². The Bertz CT molecular complexity index is 828. The van der Waals surface area contributed by atoms with Gasteiger partial charge in [-0.25, -0.2) is 14.5 Å². The summed E-state index contributed by atoms with van der Waals surface area (Å²) in [6, 6.07) is -0.887. The van der Waals surface area contributed by atoms with Gasteiger partial charge in [-0.15, -0.1) is 17.9 Å². The number of imide groups is 2. The minimum atomic E-state index is -1.08. The number of hydrogen-bond donors (Lipinski definition) is 1. The molecule has 2 heterocycles. The predicted molar refractivity (Wildman–Crippen MR) is 92.8 cm³/mol. The molecule has 1 aromatic heterocycles. The van der Waals surface area contributed by atoms with E-state index in [0.29, 0.717) is 15.4 Å². The number of anilines is 1. The minimum Gasteiger partial charge on any atom is -0.465 e. The van der Waals surface area contributed by atoms with E-state index in [2.05, 4.69) is 11.9 Å². The molecule has 0 radical (unpaired) electrons. The van der Waals surface area contributed by atoms with Gasteiger partial charge in [0.25, 0.3) is 0 Å². The maximum Gasteiger partial charge on any atom is 0.341 e. The molecule has 1 N–H and O–H groups in total. The van der Waals surface area contributed by atoms with Gasteiger partial charge in [-0.3, -0.25) is 19.3 Å². The Kier molecular flexibility index (Phi) is 5.56. The van der Waals surface area contributed by atoms with Crippen molar-refractivity contribution in [1.29, 1.82) is 0 Å². The normalized spacial score (nSPS) is 14.0. The molecule has 1 aromatic rings. The first kappa shape index (κ1) is 19.3. The Balaban J connectivity index is 2.17. The second-order valence-corrected chi connectivity index (χ2v) is 6.63. The Morgan fingerprint density at radius 1 is 1.19 bits per heavy atom. The first-order valence-electron chi connectivity index (χ1n) is 7.49. The number of carbonyl (C=O) groups excluding carboxylic acids is 5. The van der Waals surface area contributed by atoms with Gasteiger partial charge in [-0.05, 0) is 19.4 Å². The minimum absolute atomic E-state index is 0.128. The second kappa shape index (κ2) is 7.48. The molecule has 0 spiro atoms. The van der Waals surface area contributed by atoms with Crippen LogP contribution >= 0.6 is 11.3 Å². The summed E-state index contributed by atoms with van der Waals surface area (Å²) in [6.45, 7) is 6.13. The maximum absolute atomic E-state index is 12.3. The van der Waals surface area contributed by atoms with Crippen molar-refractivity contribution in [2.45, 2.75) is 13.8 Å². The van der Waals surface area contributed by atoms with E-state index in [-0.39, 0.29) is 17.1 Å². The van der Waals surface area contributed by atoms with Crippen LogP contribution in [0.15, 0.2) is 12.7 Å². The molecular weight excluding hydrogens is 362 g/mol. The average Bonchev–Trinajstić information content (AvgIpc) is 2.98. The molecule has 2 rings (SSSR count). The van der Waals surface area contributed by atoms with Gasteiger partial charge in [0.05, 0.1) is 12.7 Å². The molecule has 1 fully saturated rings. The first-order valence-corrected chi connectivity index (χ1v) is 8.30. The third-order valence-corrected chi connectivity index (χ3v) is 4.90. The van der Waals surface area contributed by atoms with E-state index in [9.17, 15) is 24.0 Å². The molecule has 9 nitrogen and oxygen atoms in total. The molecule has 0 atom stereocenters. The summed E-state index contributed by atoms with van der Waals surface area (Å²) in [6.07, 6.45) is 1.30. The number of methoxy groups -OCH3 is 1. The number of ether oxygens (including phenoxy) is 1. The van der Waals surface area contributed by atoms with Crippen molar-refractivity contribution in [2.24, 2.45) is 0 Å². The van der Waals surface area contributed by atoms with E-state index < -0.39 is 36.3 Å². The molecule has 0 aliphatic carbocycles. The molecule has 1 saturated heterocycles. The van der Waals surface area contributed by atoms with Crippen molar-refractivity contribution >= 4 is 46.1 Å². The molecular formula is C16H17N3O6S. The van der Waals surface area contributed by atoms with Crippen LogP contribution in [0.1, 0.15) is 20.8 Å².